The van der Waals surface area contributed by atoms with Gasteiger partial charge >= 0.3 is 0 Å². The topological polar surface area (TPSA) is 53.4 Å². The van der Waals surface area contributed by atoms with Crippen LogP contribution in [0.1, 0.15) is 28.9 Å². The number of rotatable bonds is 3. The lowest BCUT2D eigenvalue weighted by Crippen LogP contribution is -2.41. The van der Waals surface area contributed by atoms with Crippen LogP contribution in [0.5, 0.6) is 0 Å². The third-order valence-corrected chi connectivity index (χ3v) is 4.45. The van der Waals surface area contributed by atoms with Crippen LogP contribution in [-0.4, -0.2) is 40.6 Å². The van der Waals surface area contributed by atoms with Crippen molar-refractivity contribution in [1.29, 1.82) is 0 Å². The minimum Gasteiger partial charge on any atom is -0.396 e. The molecule has 1 amide bonds. The van der Waals surface area contributed by atoms with Gasteiger partial charge in [-0.3, -0.25) is 9.78 Å². The minimum atomic E-state index is 0.0211. The van der Waals surface area contributed by atoms with Crippen LogP contribution >= 0.6 is 0 Å². The van der Waals surface area contributed by atoms with Crippen molar-refractivity contribution < 1.29 is 9.90 Å². The van der Waals surface area contributed by atoms with Crippen molar-refractivity contribution in [3.8, 4) is 11.3 Å². The summed E-state index contributed by atoms with van der Waals surface area (Å²) in [6.07, 6.45) is 1.94. The first-order chi connectivity index (χ1) is 11.2. The summed E-state index contributed by atoms with van der Waals surface area (Å²) in [5, 5.41) is 9.33. The van der Waals surface area contributed by atoms with Crippen LogP contribution in [0.15, 0.2) is 42.5 Å². The average molecular weight is 310 g/mol. The molecule has 4 nitrogen and oxygen atoms in total. The Balaban J connectivity index is 1.82. The number of aromatic nitrogens is 1. The molecule has 1 aromatic carbocycles. The van der Waals surface area contributed by atoms with E-state index in [2.05, 4.69) is 4.98 Å². The number of carbonyl (C=O) groups excluding carboxylic acids is 1. The first-order valence-corrected chi connectivity index (χ1v) is 8.12. The largest absolute Gasteiger partial charge is 0.396 e. The SMILES string of the molecule is Cc1nc(-c2ccccc2)ccc1C(=O)N1CCCC(CO)C1. The van der Waals surface area contributed by atoms with Crippen LogP contribution in [0.4, 0.5) is 0 Å². The predicted octanol–water partition coefficient (Wildman–Crippen LogP) is 2.90. The van der Waals surface area contributed by atoms with Crippen molar-refractivity contribution in [2.75, 3.05) is 19.7 Å². The van der Waals surface area contributed by atoms with E-state index in [1.807, 2.05) is 54.3 Å². The van der Waals surface area contributed by atoms with Gasteiger partial charge in [-0.2, -0.15) is 0 Å². The molecule has 1 atom stereocenters. The lowest BCUT2D eigenvalue weighted by Gasteiger charge is -2.32. The molecule has 0 bridgehead atoms. The number of nitrogens with zero attached hydrogens (tertiary/aromatic N) is 2. The number of likely N-dealkylation sites (tertiary alicyclic amines) is 1. The van der Waals surface area contributed by atoms with Gasteiger partial charge in [0.05, 0.1) is 17.0 Å². The number of carbonyl (C=O) groups is 1. The van der Waals surface area contributed by atoms with Gasteiger partial charge < -0.3 is 10.0 Å². The zero-order valence-corrected chi connectivity index (χ0v) is 13.4. The number of pyridine rings is 1. The molecule has 0 aliphatic carbocycles. The van der Waals surface area contributed by atoms with Crippen molar-refractivity contribution in [1.82, 2.24) is 9.88 Å². The first-order valence-electron chi connectivity index (χ1n) is 8.12. The Kier molecular flexibility index (Phi) is 4.72. The Morgan fingerprint density at radius 1 is 1.26 bits per heavy atom. The van der Waals surface area contributed by atoms with E-state index < -0.39 is 0 Å². The average Bonchev–Trinajstić information content (AvgIpc) is 2.62. The quantitative estimate of drug-likeness (QED) is 0.948. The number of aliphatic hydroxyl groups is 1. The van der Waals surface area contributed by atoms with Crippen LogP contribution in [-0.2, 0) is 0 Å². The Morgan fingerprint density at radius 2 is 2.04 bits per heavy atom. The number of aliphatic hydroxyl groups excluding tert-OH is 1. The van der Waals surface area contributed by atoms with E-state index in [9.17, 15) is 9.90 Å². The number of aryl methyl sites for hydroxylation is 1. The fraction of sp³-hybridized carbons (Fsp3) is 0.368. The highest BCUT2D eigenvalue weighted by Gasteiger charge is 2.25. The molecule has 23 heavy (non-hydrogen) atoms. The Hall–Kier alpha value is -2.20. The summed E-state index contributed by atoms with van der Waals surface area (Å²) in [6.45, 7) is 3.42. The second kappa shape index (κ2) is 6.92. The maximum atomic E-state index is 12.7. The third-order valence-electron chi connectivity index (χ3n) is 4.45. The molecular formula is C19H22N2O2. The van der Waals surface area contributed by atoms with Crippen LogP contribution in [0, 0.1) is 12.8 Å². The van der Waals surface area contributed by atoms with Crippen molar-refractivity contribution in [2.24, 2.45) is 5.92 Å². The van der Waals surface area contributed by atoms with Gasteiger partial charge in [0, 0.05) is 25.3 Å². The zero-order valence-electron chi connectivity index (χ0n) is 13.4. The summed E-state index contributed by atoms with van der Waals surface area (Å²) in [5.74, 6) is 0.220. The van der Waals surface area contributed by atoms with E-state index in [1.54, 1.807) is 0 Å². The standard InChI is InChI=1S/C19H22N2O2/c1-14-17(19(23)21-11-5-6-15(12-21)13-22)9-10-18(20-14)16-7-3-2-4-8-16/h2-4,7-10,15,22H,5-6,11-13H2,1H3. The highest BCUT2D eigenvalue weighted by Crippen LogP contribution is 2.22. The van der Waals surface area contributed by atoms with Crippen molar-refractivity contribution in [3.63, 3.8) is 0 Å². The van der Waals surface area contributed by atoms with E-state index >= 15 is 0 Å². The van der Waals surface area contributed by atoms with Gasteiger partial charge in [-0.15, -0.1) is 0 Å². The van der Waals surface area contributed by atoms with Crippen LogP contribution < -0.4 is 0 Å². The summed E-state index contributed by atoms with van der Waals surface area (Å²) >= 11 is 0. The fourth-order valence-electron chi connectivity index (χ4n) is 3.13. The number of piperidine rings is 1. The van der Waals surface area contributed by atoms with Gasteiger partial charge in [0.15, 0.2) is 0 Å². The third kappa shape index (κ3) is 3.42. The normalized spacial score (nSPS) is 18.0. The molecule has 3 rings (SSSR count). The second-order valence-electron chi connectivity index (χ2n) is 6.14. The van der Waals surface area contributed by atoms with E-state index in [-0.39, 0.29) is 18.4 Å². The maximum absolute atomic E-state index is 12.7. The summed E-state index contributed by atoms with van der Waals surface area (Å²) in [6, 6.07) is 13.7. The Morgan fingerprint density at radius 3 is 2.74 bits per heavy atom. The fourth-order valence-corrected chi connectivity index (χ4v) is 3.13. The van der Waals surface area contributed by atoms with Gasteiger partial charge in [-0.25, -0.2) is 0 Å². The molecule has 2 aromatic rings. The van der Waals surface area contributed by atoms with Crippen LogP contribution in [0.25, 0.3) is 11.3 Å². The molecule has 1 aliphatic heterocycles. The van der Waals surface area contributed by atoms with E-state index in [4.69, 9.17) is 0 Å². The summed E-state index contributed by atoms with van der Waals surface area (Å²) in [7, 11) is 0. The summed E-state index contributed by atoms with van der Waals surface area (Å²) < 4.78 is 0. The molecule has 1 N–H and O–H groups in total. The van der Waals surface area contributed by atoms with Crippen molar-refractivity contribution in [3.05, 3.63) is 53.7 Å². The molecule has 1 aliphatic rings. The number of benzene rings is 1. The highest BCUT2D eigenvalue weighted by molar-refractivity contribution is 5.95. The van der Waals surface area contributed by atoms with Gasteiger partial charge in [0.25, 0.3) is 5.91 Å². The summed E-state index contributed by atoms with van der Waals surface area (Å²) in [5.41, 5.74) is 3.34. The molecule has 2 heterocycles. The maximum Gasteiger partial charge on any atom is 0.255 e. The Bertz CT molecular complexity index is 685. The molecule has 1 unspecified atom stereocenters. The number of amides is 1. The Labute approximate surface area is 136 Å². The number of hydrogen-bond donors (Lipinski definition) is 1. The highest BCUT2D eigenvalue weighted by atomic mass is 16.3. The molecule has 0 saturated carbocycles. The number of hydrogen-bond acceptors (Lipinski definition) is 3. The minimum absolute atomic E-state index is 0.0211. The monoisotopic (exact) mass is 310 g/mol. The molecule has 1 aromatic heterocycles. The first kappa shape index (κ1) is 15.7. The van der Waals surface area contributed by atoms with Gasteiger partial charge in [0.2, 0.25) is 0 Å². The molecule has 0 radical (unpaired) electrons. The molecule has 120 valence electrons. The van der Waals surface area contributed by atoms with Crippen molar-refractivity contribution in [2.45, 2.75) is 19.8 Å². The van der Waals surface area contributed by atoms with Gasteiger partial charge in [-0.1, -0.05) is 30.3 Å². The molecule has 1 saturated heterocycles. The van der Waals surface area contributed by atoms with Crippen molar-refractivity contribution >= 4 is 5.91 Å². The van der Waals surface area contributed by atoms with Gasteiger partial charge in [0.1, 0.15) is 0 Å². The zero-order chi connectivity index (χ0) is 16.2. The van der Waals surface area contributed by atoms with E-state index in [0.29, 0.717) is 12.1 Å². The smallest absolute Gasteiger partial charge is 0.255 e. The molecular weight excluding hydrogens is 288 g/mol. The van der Waals surface area contributed by atoms with Gasteiger partial charge in [-0.05, 0) is 37.8 Å². The second-order valence-corrected chi connectivity index (χ2v) is 6.14. The predicted molar refractivity (Wildman–Crippen MR) is 90.1 cm³/mol. The lowest BCUT2D eigenvalue weighted by molar-refractivity contribution is 0.0619. The molecule has 4 heteroatoms. The van der Waals surface area contributed by atoms with E-state index in [0.717, 1.165) is 36.3 Å². The van der Waals surface area contributed by atoms with Crippen LogP contribution in [0.2, 0.25) is 0 Å². The molecule has 0 spiro atoms. The molecule has 1 fully saturated rings. The lowest BCUT2D eigenvalue weighted by atomic mass is 9.98. The van der Waals surface area contributed by atoms with Crippen LogP contribution in [0.3, 0.4) is 0 Å². The summed E-state index contributed by atoms with van der Waals surface area (Å²) in [4.78, 5) is 19.2. The van der Waals surface area contributed by atoms with E-state index in [1.165, 1.54) is 0 Å².